The van der Waals surface area contributed by atoms with Crippen LogP contribution in [0.25, 0.3) is 0 Å². The molecule has 2 fully saturated rings. The third-order valence-corrected chi connectivity index (χ3v) is 4.99. The van der Waals surface area contributed by atoms with Crippen molar-refractivity contribution in [2.45, 2.75) is 50.4 Å². The van der Waals surface area contributed by atoms with E-state index in [-0.39, 0.29) is 23.9 Å². The quantitative estimate of drug-likeness (QED) is 0.393. The lowest BCUT2D eigenvalue weighted by molar-refractivity contribution is -0.140. The molecular formula is C15H20O4. The molecule has 1 saturated heterocycles. The van der Waals surface area contributed by atoms with Crippen molar-refractivity contribution in [3.63, 3.8) is 0 Å². The number of rotatable bonds is 0. The number of hydrogen-bond donors (Lipinski definition) is 2. The van der Waals surface area contributed by atoms with Crippen LogP contribution in [0.4, 0.5) is 0 Å². The molecule has 1 heterocycles. The highest BCUT2D eigenvalue weighted by atomic mass is 16.6. The predicted molar refractivity (Wildman–Crippen MR) is 69.2 cm³/mol. The number of fused-ring (bicyclic) bond motifs is 2. The molecular weight excluding hydrogens is 244 g/mol. The smallest absolute Gasteiger partial charge is 0.334 e. The van der Waals surface area contributed by atoms with Crippen molar-refractivity contribution >= 4 is 5.97 Å². The first kappa shape index (κ1) is 12.9. The van der Waals surface area contributed by atoms with Gasteiger partial charge in [-0.2, -0.15) is 0 Å². The van der Waals surface area contributed by atoms with Gasteiger partial charge in [-0.05, 0) is 32.3 Å². The molecule has 19 heavy (non-hydrogen) atoms. The van der Waals surface area contributed by atoms with E-state index in [1.807, 2.05) is 6.08 Å². The van der Waals surface area contributed by atoms with E-state index in [1.54, 1.807) is 13.8 Å². The molecule has 0 unspecified atom stereocenters. The average molecular weight is 264 g/mol. The topological polar surface area (TPSA) is 66.8 Å². The van der Waals surface area contributed by atoms with E-state index >= 15 is 0 Å². The Balaban J connectivity index is 2.02. The van der Waals surface area contributed by atoms with E-state index in [4.69, 9.17) is 4.74 Å². The van der Waals surface area contributed by atoms with Gasteiger partial charge in [0.15, 0.2) is 0 Å². The third-order valence-electron chi connectivity index (χ3n) is 4.99. The van der Waals surface area contributed by atoms with Gasteiger partial charge in [0, 0.05) is 23.8 Å². The van der Waals surface area contributed by atoms with E-state index in [1.165, 1.54) is 0 Å². The van der Waals surface area contributed by atoms with Crippen molar-refractivity contribution in [1.29, 1.82) is 0 Å². The van der Waals surface area contributed by atoms with Crippen LogP contribution in [0.5, 0.6) is 0 Å². The number of carbonyl (C=O) groups is 1. The standard InChI is InChI=1S/C15H20O4/c1-8-9-6-11-10(4-5-14(11,2)17)15(3,18)7-12(9)19-13(8)16/h4,9,11-12,17-18H,1,5-7H2,2-3H3/t9-,11-,12+,14+,15-/m1/s1. The van der Waals surface area contributed by atoms with Crippen molar-refractivity contribution in [2.75, 3.05) is 0 Å². The van der Waals surface area contributed by atoms with Crippen molar-refractivity contribution in [3.8, 4) is 0 Å². The molecule has 2 aliphatic carbocycles. The van der Waals surface area contributed by atoms with Crippen LogP contribution in [0, 0.1) is 11.8 Å². The van der Waals surface area contributed by atoms with Gasteiger partial charge in [0.2, 0.25) is 0 Å². The number of aliphatic hydroxyl groups is 2. The van der Waals surface area contributed by atoms with Crippen molar-refractivity contribution in [3.05, 3.63) is 23.8 Å². The summed E-state index contributed by atoms with van der Waals surface area (Å²) in [6, 6.07) is 0. The molecule has 4 heteroatoms. The van der Waals surface area contributed by atoms with Gasteiger partial charge in [0.1, 0.15) is 6.10 Å². The molecule has 5 atom stereocenters. The zero-order chi connectivity index (χ0) is 14.0. The van der Waals surface area contributed by atoms with Gasteiger partial charge in [0.25, 0.3) is 0 Å². The molecule has 2 N–H and O–H groups in total. The molecule has 0 amide bonds. The predicted octanol–water partition coefficient (Wildman–Crippen LogP) is 1.33. The van der Waals surface area contributed by atoms with Crippen molar-refractivity contribution < 1.29 is 19.7 Å². The fourth-order valence-electron chi connectivity index (χ4n) is 3.82. The monoisotopic (exact) mass is 264 g/mol. The molecule has 0 aromatic carbocycles. The second-order valence-corrected chi connectivity index (χ2v) is 6.56. The molecule has 104 valence electrons. The lowest BCUT2D eigenvalue weighted by Crippen LogP contribution is -2.37. The summed E-state index contributed by atoms with van der Waals surface area (Å²) in [6.45, 7) is 7.34. The number of ether oxygens (including phenoxy) is 1. The summed E-state index contributed by atoms with van der Waals surface area (Å²) in [5.41, 5.74) is -0.532. The maximum atomic E-state index is 11.6. The molecule has 0 bridgehead atoms. The van der Waals surface area contributed by atoms with Gasteiger partial charge < -0.3 is 14.9 Å². The Labute approximate surface area is 112 Å². The fraction of sp³-hybridized carbons (Fsp3) is 0.667. The second-order valence-electron chi connectivity index (χ2n) is 6.56. The van der Waals surface area contributed by atoms with E-state index in [0.717, 1.165) is 5.57 Å². The van der Waals surface area contributed by atoms with Crippen LogP contribution in [0.2, 0.25) is 0 Å². The second kappa shape index (κ2) is 3.70. The number of esters is 1. The average Bonchev–Trinajstić information content (AvgIpc) is 2.66. The molecule has 1 saturated carbocycles. The van der Waals surface area contributed by atoms with E-state index in [2.05, 4.69) is 6.58 Å². The first-order valence-corrected chi connectivity index (χ1v) is 6.77. The summed E-state index contributed by atoms with van der Waals surface area (Å²) in [5.74, 6) is -0.598. The Hall–Kier alpha value is -1.13. The van der Waals surface area contributed by atoms with Crippen molar-refractivity contribution in [1.82, 2.24) is 0 Å². The summed E-state index contributed by atoms with van der Waals surface area (Å²) in [5, 5.41) is 21.2. The highest BCUT2D eigenvalue weighted by Crippen LogP contribution is 2.51. The highest BCUT2D eigenvalue weighted by Gasteiger charge is 2.54. The van der Waals surface area contributed by atoms with Crippen LogP contribution in [-0.4, -0.2) is 33.5 Å². The maximum Gasteiger partial charge on any atom is 0.334 e. The minimum atomic E-state index is -1.03. The molecule has 1 aliphatic heterocycles. The SMILES string of the molecule is C=C1C(=O)O[C@H]2C[C@@](C)(O)C3=CC[C@](C)(O)[C@@H]3C[C@H]12. The first-order chi connectivity index (χ1) is 8.72. The fourth-order valence-corrected chi connectivity index (χ4v) is 3.82. The third kappa shape index (κ3) is 1.77. The zero-order valence-electron chi connectivity index (χ0n) is 11.3. The number of carbonyl (C=O) groups excluding carboxylic acids is 1. The summed E-state index contributed by atoms with van der Waals surface area (Å²) >= 11 is 0. The summed E-state index contributed by atoms with van der Waals surface area (Å²) in [7, 11) is 0. The van der Waals surface area contributed by atoms with Gasteiger partial charge in [0.05, 0.1) is 11.2 Å². The zero-order valence-corrected chi connectivity index (χ0v) is 11.3. The van der Waals surface area contributed by atoms with Crippen LogP contribution in [0.3, 0.4) is 0 Å². The highest BCUT2D eigenvalue weighted by molar-refractivity contribution is 5.90. The van der Waals surface area contributed by atoms with Crippen molar-refractivity contribution in [2.24, 2.45) is 11.8 Å². The van der Waals surface area contributed by atoms with Gasteiger partial charge in [-0.15, -0.1) is 0 Å². The van der Waals surface area contributed by atoms with Crippen LogP contribution < -0.4 is 0 Å². The van der Waals surface area contributed by atoms with Crippen LogP contribution in [-0.2, 0) is 9.53 Å². The first-order valence-electron chi connectivity index (χ1n) is 6.77. The molecule has 0 aromatic rings. The molecule has 4 nitrogen and oxygen atoms in total. The molecule has 0 spiro atoms. The molecule has 0 radical (unpaired) electrons. The Kier molecular flexibility index (Phi) is 2.51. The van der Waals surface area contributed by atoms with E-state index < -0.39 is 11.2 Å². The van der Waals surface area contributed by atoms with Gasteiger partial charge in [-0.3, -0.25) is 0 Å². The largest absolute Gasteiger partial charge is 0.458 e. The normalized spacial score (nSPS) is 49.3. The summed E-state index contributed by atoms with van der Waals surface area (Å²) < 4.78 is 5.32. The minimum Gasteiger partial charge on any atom is -0.458 e. The summed E-state index contributed by atoms with van der Waals surface area (Å²) in [6.07, 6.45) is 3.15. The van der Waals surface area contributed by atoms with Crippen LogP contribution >= 0.6 is 0 Å². The van der Waals surface area contributed by atoms with Gasteiger partial charge in [-0.1, -0.05) is 12.7 Å². The maximum absolute atomic E-state index is 11.6. The van der Waals surface area contributed by atoms with Gasteiger partial charge in [-0.25, -0.2) is 4.79 Å². The molecule has 3 aliphatic rings. The van der Waals surface area contributed by atoms with Crippen LogP contribution in [0.15, 0.2) is 23.8 Å². The number of hydrogen-bond acceptors (Lipinski definition) is 4. The molecule has 0 aromatic heterocycles. The Morgan fingerprint density at radius 1 is 1.42 bits per heavy atom. The van der Waals surface area contributed by atoms with E-state index in [9.17, 15) is 15.0 Å². The lowest BCUT2D eigenvalue weighted by atomic mass is 9.78. The Bertz CT molecular complexity index is 486. The van der Waals surface area contributed by atoms with Gasteiger partial charge >= 0.3 is 5.97 Å². The lowest BCUT2D eigenvalue weighted by Gasteiger charge is -2.33. The van der Waals surface area contributed by atoms with Crippen LogP contribution in [0.1, 0.15) is 33.1 Å². The minimum absolute atomic E-state index is 0.0977. The molecule has 3 rings (SSSR count). The Morgan fingerprint density at radius 2 is 2.11 bits per heavy atom. The summed E-state index contributed by atoms with van der Waals surface area (Å²) in [4.78, 5) is 11.6. The Morgan fingerprint density at radius 3 is 2.79 bits per heavy atom. The van der Waals surface area contributed by atoms with E-state index in [0.29, 0.717) is 24.8 Å².